The van der Waals surface area contributed by atoms with Crippen molar-refractivity contribution in [3.8, 4) is 0 Å². The van der Waals surface area contributed by atoms with E-state index in [1.807, 2.05) is 0 Å². The lowest BCUT2D eigenvalue weighted by molar-refractivity contribution is -0.119. The van der Waals surface area contributed by atoms with Crippen LogP contribution in [0.1, 0.15) is 59.8 Å². The van der Waals surface area contributed by atoms with E-state index in [4.69, 9.17) is 0 Å². The number of nitrogens with one attached hydrogen (secondary N) is 1. The van der Waals surface area contributed by atoms with Gasteiger partial charge in [0.1, 0.15) is 0 Å². The fraction of sp³-hybridized carbons (Fsp3) is 0.824. The standard InChI is InChI=1S/C17H32N2O/c1-14(2)6-5-7-15(3)8-11-19-12-9-17(10-13-19)18-16(4)20/h6,15,17H,5,7-13H2,1-4H3,(H,18,20). The maximum Gasteiger partial charge on any atom is 0.217 e. The van der Waals surface area contributed by atoms with Gasteiger partial charge in [0.25, 0.3) is 0 Å². The average Bonchev–Trinajstić information content (AvgIpc) is 2.37. The van der Waals surface area contributed by atoms with Crippen molar-refractivity contribution in [2.45, 2.75) is 65.8 Å². The maximum atomic E-state index is 11.0. The minimum Gasteiger partial charge on any atom is -0.354 e. The fourth-order valence-corrected chi connectivity index (χ4v) is 2.79. The van der Waals surface area contributed by atoms with E-state index < -0.39 is 0 Å². The summed E-state index contributed by atoms with van der Waals surface area (Å²) in [5.74, 6) is 0.912. The molecule has 1 unspecified atom stereocenters. The van der Waals surface area contributed by atoms with E-state index in [-0.39, 0.29) is 5.91 Å². The van der Waals surface area contributed by atoms with Crippen molar-refractivity contribution in [2.24, 2.45) is 5.92 Å². The minimum atomic E-state index is 0.108. The zero-order valence-corrected chi connectivity index (χ0v) is 13.7. The fourth-order valence-electron chi connectivity index (χ4n) is 2.79. The topological polar surface area (TPSA) is 32.3 Å². The van der Waals surface area contributed by atoms with Gasteiger partial charge in [-0.2, -0.15) is 0 Å². The van der Waals surface area contributed by atoms with Gasteiger partial charge in [0.05, 0.1) is 0 Å². The van der Waals surface area contributed by atoms with Crippen LogP contribution in [-0.2, 0) is 4.79 Å². The average molecular weight is 280 g/mol. The summed E-state index contributed by atoms with van der Waals surface area (Å²) in [5.41, 5.74) is 1.43. The van der Waals surface area contributed by atoms with E-state index in [2.05, 4.69) is 37.1 Å². The number of amides is 1. The van der Waals surface area contributed by atoms with Crippen molar-refractivity contribution in [2.75, 3.05) is 19.6 Å². The van der Waals surface area contributed by atoms with Crippen molar-refractivity contribution in [3.05, 3.63) is 11.6 Å². The number of hydrogen-bond acceptors (Lipinski definition) is 2. The first-order chi connectivity index (χ1) is 9.47. The number of piperidine rings is 1. The van der Waals surface area contributed by atoms with Crippen LogP contribution in [0.15, 0.2) is 11.6 Å². The van der Waals surface area contributed by atoms with Crippen LogP contribution < -0.4 is 5.32 Å². The predicted octanol–water partition coefficient (Wildman–Crippen LogP) is 3.36. The summed E-state index contributed by atoms with van der Waals surface area (Å²) in [6.45, 7) is 11.8. The van der Waals surface area contributed by atoms with E-state index >= 15 is 0 Å². The lowest BCUT2D eigenvalue weighted by atomic mass is 9.99. The second kappa shape index (κ2) is 9.17. The zero-order valence-electron chi connectivity index (χ0n) is 13.7. The summed E-state index contributed by atoms with van der Waals surface area (Å²) >= 11 is 0. The third kappa shape index (κ3) is 7.68. The van der Waals surface area contributed by atoms with Gasteiger partial charge in [-0.3, -0.25) is 4.79 Å². The highest BCUT2D eigenvalue weighted by Crippen LogP contribution is 2.15. The van der Waals surface area contributed by atoms with Crippen LogP contribution in [0.2, 0.25) is 0 Å². The molecule has 0 bridgehead atoms. The second-order valence-electron chi connectivity index (χ2n) is 6.57. The molecule has 1 saturated heterocycles. The van der Waals surface area contributed by atoms with Crippen LogP contribution in [0.5, 0.6) is 0 Å². The third-order valence-corrected chi connectivity index (χ3v) is 4.15. The molecule has 116 valence electrons. The van der Waals surface area contributed by atoms with Crippen LogP contribution in [0.3, 0.4) is 0 Å². The number of likely N-dealkylation sites (tertiary alicyclic amines) is 1. The molecule has 1 N–H and O–H groups in total. The molecule has 1 aliphatic rings. The molecule has 20 heavy (non-hydrogen) atoms. The van der Waals surface area contributed by atoms with Crippen molar-refractivity contribution in [1.29, 1.82) is 0 Å². The Bertz CT molecular complexity index is 313. The molecule has 1 atom stereocenters. The summed E-state index contributed by atoms with van der Waals surface area (Å²) in [4.78, 5) is 13.6. The molecule has 3 nitrogen and oxygen atoms in total. The molecule has 0 saturated carbocycles. The SMILES string of the molecule is CC(=O)NC1CCN(CCC(C)CCC=C(C)C)CC1. The molecule has 0 aromatic carbocycles. The molecule has 1 amide bonds. The number of carbonyl (C=O) groups is 1. The van der Waals surface area contributed by atoms with Gasteiger partial charge in [0.2, 0.25) is 5.91 Å². The predicted molar refractivity (Wildman–Crippen MR) is 85.7 cm³/mol. The quantitative estimate of drug-likeness (QED) is 0.725. The molecular weight excluding hydrogens is 248 g/mol. The highest BCUT2D eigenvalue weighted by molar-refractivity contribution is 5.73. The number of hydrogen-bond donors (Lipinski definition) is 1. The first kappa shape index (κ1) is 17.2. The van der Waals surface area contributed by atoms with Crippen molar-refractivity contribution in [3.63, 3.8) is 0 Å². The first-order valence-corrected chi connectivity index (χ1v) is 8.10. The molecule has 3 heteroatoms. The van der Waals surface area contributed by atoms with Crippen LogP contribution in [0.25, 0.3) is 0 Å². The molecule has 1 rings (SSSR count). The third-order valence-electron chi connectivity index (χ3n) is 4.15. The Morgan fingerprint density at radius 1 is 1.25 bits per heavy atom. The van der Waals surface area contributed by atoms with Gasteiger partial charge in [-0.1, -0.05) is 18.6 Å². The van der Waals surface area contributed by atoms with Crippen molar-refractivity contribution in [1.82, 2.24) is 10.2 Å². The second-order valence-corrected chi connectivity index (χ2v) is 6.57. The molecule has 0 aliphatic carbocycles. The summed E-state index contributed by atoms with van der Waals surface area (Å²) in [7, 11) is 0. The Morgan fingerprint density at radius 2 is 1.90 bits per heavy atom. The normalized spacial score (nSPS) is 18.6. The first-order valence-electron chi connectivity index (χ1n) is 8.10. The number of nitrogens with zero attached hydrogens (tertiary/aromatic N) is 1. The van der Waals surface area contributed by atoms with Gasteiger partial charge < -0.3 is 10.2 Å². The van der Waals surface area contributed by atoms with E-state index in [0.717, 1.165) is 31.8 Å². The minimum absolute atomic E-state index is 0.108. The van der Waals surface area contributed by atoms with Gasteiger partial charge in [0, 0.05) is 26.1 Å². The van der Waals surface area contributed by atoms with Gasteiger partial charge >= 0.3 is 0 Å². The van der Waals surface area contributed by atoms with Crippen LogP contribution in [0, 0.1) is 5.92 Å². The molecule has 0 aromatic heterocycles. The van der Waals surface area contributed by atoms with E-state index in [9.17, 15) is 4.79 Å². The largest absolute Gasteiger partial charge is 0.354 e. The molecule has 1 heterocycles. The number of carbonyl (C=O) groups excluding carboxylic acids is 1. The van der Waals surface area contributed by atoms with Gasteiger partial charge in [-0.25, -0.2) is 0 Å². The van der Waals surface area contributed by atoms with E-state index in [1.54, 1.807) is 6.92 Å². The van der Waals surface area contributed by atoms with Crippen molar-refractivity contribution >= 4 is 5.91 Å². The highest BCUT2D eigenvalue weighted by Gasteiger charge is 2.19. The molecule has 0 radical (unpaired) electrons. The summed E-state index contributed by atoms with van der Waals surface area (Å²) in [5, 5.41) is 3.03. The Hall–Kier alpha value is -0.830. The molecule has 0 spiro atoms. The van der Waals surface area contributed by atoms with Gasteiger partial charge in [-0.05, 0) is 58.4 Å². The highest BCUT2D eigenvalue weighted by atomic mass is 16.1. The molecule has 1 aliphatic heterocycles. The monoisotopic (exact) mass is 280 g/mol. The van der Waals surface area contributed by atoms with Crippen molar-refractivity contribution < 1.29 is 4.79 Å². The van der Waals surface area contributed by atoms with E-state index in [1.165, 1.54) is 31.4 Å². The van der Waals surface area contributed by atoms with E-state index in [0.29, 0.717) is 6.04 Å². The van der Waals surface area contributed by atoms with Crippen LogP contribution in [-0.4, -0.2) is 36.5 Å². The van der Waals surface area contributed by atoms with Gasteiger partial charge in [-0.15, -0.1) is 0 Å². The smallest absolute Gasteiger partial charge is 0.217 e. The van der Waals surface area contributed by atoms with Gasteiger partial charge in [0.15, 0.2) is 0 Å². The van der Waals surface area contributed by atoms with Crippen LogP contribution >= 0.6 is 0 Å². The Kier molecular flexibility index (Phi) is 7.90. The Balaban J connectivity index is 2.11. The molecular formula is C17H32N2O. The number of allylic oxidation sites excluding steroid dienone is 2. The Labute approximate surface area is 124 Å². The maximum absolute atomic E-state index is 11.0. The summed E-state index contributed by atoms with van der Waals surface area (Å²) in [6.07, 6.45) is 8.36. The molecule has 0 aromatic rings. The zero-order chi connectivity index (χ0) is 15.0. The lowest BCUT2D eigenvalue weighted by Gasteiger charge is -2.32. The summed E-state index contributed by atoms with van der Waals surface area (Å²) < 4.78 is 0. The lowest BCUT2D eigenvalue weighted by Crippen LogP contribution is -2.44. The van der Waals surface area contributed by atoms with Crippen LogP contribution in [0.4, 0.5) is 0 Å². The molecule has 1 fully saturated rings. The number of rotatable bonds is 7. The summed E-state index contributed by atoms with van der Waals surface area (Å²) in [6, 6.07) is 0.402. The Morgan fingerprint density at radius 3 is 2.45 bits per heavy atom.